The van der Waals surface area contributed by atoms with Gasteiger partial charge in [-0.1, -0.05) is 103 Å². The molecule has 0 aliphatic rings. The second-order valence-electron chi connectivity index (χ2n) is 10.7. The average molecular weight is 519 g/mol. The van der Waals surface area contributed by atoms with E-state index in [9.17, 15) is 0 Å². The van der Waals surface area contributed by atoms with E-state index in [1.807, 2.05) is 0 Å². The fraction of sp³-hybridized carbons (Fsp3) is 1.00. The molecule has 0 bridgehead atoms. The summed E-state index contributed by atoms with van der Waals surface area (Å²) in [5, 5.41) is 0. The molecule has 35 heavy (non-hydrogen) atoms. The van der Waals surface area contributed by atoms with Gasteiger partial charge < -0.3 is 23.4 Å². The summed E-state index contributed by atoms with van der Waals surface area (Å²) in [5.41, 5.74) is 0. The molecule has 0 atom stereocenters. The van der Waals surface area contributed by atoms with Crippen molar-refractivity contribution in [3.8, 4) is 0 Å². The molecule has 0 aromatic rings. The van der Waals surface area contributed by atoms with Gasteiger partial charge in [0, 0.05) is 6.61 Å². The molecule has 0 heterocycles. The van der Waals surface area contributed by atoms with Crippen molar-refractivity contribution in [1.29, 1.82) is 0 Å². The topological polar surface area (TPSA) is 46.2 Å². The summed E-state index contributed by atoms with van der Waals surface area (Å²) in [6.45, 7) is 14.8. The Morgan fingerprint density at radius 2 is 0.629 bits per heavy atom. The summed E-state index contributed by atoms with van der Waals surface area (Å²) in [5.74, 6) is 0. The van der Waals surface area contributed by atoms with Gasteiger partial charge in [-0.25, -0.2) is 0 Å². The molecule has 0 aromatic heterocycles. The zero-order valence-electron chi connectivity index (χ0n) is 24.2. The lowest BCUT2D eigenvalue weighted by Gasteiger charge is -2.16. The van der Waals surface area contributed by atoms with E-state index < -0.39 is 8.32 Å². The Morgan fingerprint density at radius 1 is 0.343 bits per heavy atom. The zero-order chi connectivity index (χ0) is 25.7. The minimum atomic E-state index is -1.42. The molecule has 5 nitrogen and oxygen atoms in total. The summed E-state index contributed by atoms with van der Waals surface area (Å²) in [6, 6.07) is 0. The maximum atomic E-state index is 5.73. The maximum absolute atomic E-state index is 5.73. The molecule has 0 saturated carbocycles. The van der Waals surface area contributed by atoms with Crippen LogP contribution in [-0.2, 0) is 23.4 Å². The van der Waals surface area contributed by atoms with Crippen molar-refractivity contribution in [2.24, 2.45) is 0 Å². The van der Waals surface area contributed by atoms with Crippen LogP contribution in [0.2, 0.25) is 19.6 Å². The normalized spacial score (nSPS) is 12.0. The van der Waals surface area contributed by atoms with Crippen molar-refractivity contribution in [2.75, 3.05) is 59.5 Å². The monoisotopic (exact) mass is 518 g/mol. The molecule has 0 N–H and O–H groups in total. The lowest BCUT2D eigenvalue weighted by molar-refractivity contribution is -0.00511. The molecule has 0 rings (SSSR count). The molecule has 0 spiro atoms. The van der Waals surface area contributed by atoms with Gasteiger partial charge in [-0.3, -0.25) is 0 Å². The highest BCUT2D eigenvalue weighted by Crippen LogP contribution is 2.13. The van der Waals surface area contributed by atoms with E-state index in [2.05, 4.69) is 26.6 Å². The van der Waals surface area contributed by atoms with E-state index in [4.69, 9.17) is 23.4 Å². The van der Waals surface area contributed by atoms with Crippen LogP contribution in [0.25, 0.3) is 0 Å². The van der Waals surface area contributed by atoms with Crippen LogP contribution < -0.4 is 0 Å². The Morgan fingerprint density at radius 3 is 0.971 bits per heavy atom. The van der Waals surface area contributed by atoms with E-state index in [0.29, 0.717) is 52.9 Å². The van der Waals surface area contributed by atoms with Gasteiger partial charge >= 0.3 is 0 Å². The minimum absolute atomic E-state index is 0.603. The van der Waals surface area contributed by atoms with E-state index in [-0.39, 0.29) is 0 Å². The lowest BCUT2D eigenvalue weighted by atomic mass is 10.0. The van der Waals surface area contributed by atoms with E-state index in [0.717, 1.165) is 6.61 Å². The number of ether oxygens (including phenoxy) is 4. The SMILES string of the molecule is CCCCCCCCCCCCCCCCCCOCCOCCOCCOCCO[Si](C)(C)C. The van der Waals surface area contributed by atoms with Crippen LogP contribution in [-0.4, -0.2) is 67.8 Å². The lowest BCUT2D eigenvalue weighted by Crippen LogP contribution is -2.27. The Kier molecular flexibility index (Phi) is 28.6. The summed E-state index contributed by atoms with van der Waals surface area (Å²) in [4.78, 5) is 0. The predicted molar refractivity (Wildman–Crippen MR) is 152 cm³/mol. The van der Waals surface area contributed by atoms with Crippen LogP contribution in [0.1, 0.15) is 110 Å². The Balaban J connectivity index is 3.03. The number of unbranched alkanes of at least 4 members (excludes halogenated alkanes) is 15. The molecular formula is C29H62O5Si. The third-order valence-corrected chi connectivity index (χ3v) is 7.09. The van der Waals surface area contributed by atoms with Gasteiger partial charge in [0.05, 0.1) is 52.9 Å². The van der Waals surface area contributed by atoms with Crippen LogP contribution in [0.5, 0.6) is 0 Å². The van der Waals surface area contributed by atoms with Crippen LogP contribution in [0.15, 0.2) is 0 Å². The van der Waals surface area contributed by atoms with Gasteiger partial charge in [0.2, 0.25) is 0 Å². The van der Waals surface area contributed by atoms with Crippen molar-refractivity contribution >= 4 is 8.32 Å². The first-order valence-corrected chi connectivity index (χ1v) is 18.4. The molecule has 0 unspecified atom stereocenters. The van der Waals surface area contributed by atoms with Crippen LogP contribution in [0, 0.1) is 0 Å². The van der Waals surface area contributed by atoms with E-state index >= 15 is 0 Å². The average Bonchev–Trinajstić information content (AvgIpc) is 2.82. The highest BCUT2D eigenvalue weighted by Gasteiger charge is 2.13. The molecular weight excluding hydrogens is 456 g/mol. The largest absolute Gasteiger partial charge is 0.415 e. The van der Waals surface area contributed by atoms with Crippen molar-refractivity contribution in [1.82, 2.24) is 0 Å². The first-order chi connectivity index (χ1) is 17.1. The van der Waals surface area contributed by atoms with Gasteiger partial charge in [-0.2, -0.15) is 0 Å². The molecule has 0 saturated heterocycles. The second kappa shape index (κ2) is 28.6. The Labute approximate surface area is 220 Å². The molecule has 0 aromatic carbocycles. The van der Waals surface area contributed by atoms with Crippen molar-refractivity contribution in [2.45, 2.75) is 129 Å². The summed E-state index contributed by atoms with van der Waals surface area (Å²) in [7, 11) is -1.42. The van der Waals surface area contributed by atoms with Gasteiger partial charge in [0.25, 0.3) is 0 Å². The highest BCUT2D eigenvalue weighted by atomic mass is 28.4. The number of hydrogen-bond acceptors (Lipinski definition) is 5. The van der Waals surface area contributed by atoms with E-state index in [1.165, 1.54) is 103 Å². The predicted octanol–water partition coefficient (Wildman–Crippen LogP) is 8.17. The van der Waals surface area contributed by atoms with E-state index in [1.54, 1.807) is 0 Å². The molecule has 0 aliphatic carbocycles. The molecule has 0 fully saturated rings. The summed E-state index contributed by atoms with van der Waals surface area (Å²) < 4.78 is 27.9. The standard InChI is InChI=1S/C29H62O5Si/c1-5-6-7-8-9-10-11-12-13-14-15-16-17-18-19-20-21-30-22-23-31-24-25-32-26-27-33-28-29-34-35(2,3)4/h5-29H2,1-4H3. The number of rotatable bonds is 30. The fourth-order valence-electron chi connectivity index (χ4n) is 3.92. The van der Waals surface area contributed by atoms with Gasteiger partial charge in [0.1, 0.15) is 0 Å². The maximum Gasteiger partial charge on any atom is 0.183 e. The molecule has 0 amide bonds. The van der Waals surface area contributed by atoms with Crippen molar-refractivity contribution < 1.29 is 23.4 Å². The quantitative estimate of drug-likeness (QED) is 0.0709. The third-order valence-electron chi connectivity index (χ3n) is 6.02. The smallest absolute Gasteiger partial charge is 0.183 e. The summed E-state index contributed by atoms with van der Waals surface area (Å²) in [6.07, 6.45) is 22.4. The van der Waals surface area contributed by atoms with Gasteiger partial charge in [0.15, 0.2) is 8.32 Å². The summed E-state index contributed by atoms with van der Waals surface area (Å²) >= 11 is 0. The Bertz CT molecular complexity index is 390. The Hall–Kier alpha value is 0.0169. The zero-order valence-corrected chi connectivity index (χ0v) is 25.2. The fourth-order valence-corrected chi connectivity index (χ4v) is 4.62. The molecule has 0 radical (unpaired) electrons. The highest BCUT2D eigenvalue weighted by molar-refractivity contribution is 6.69. The first kappa shape index (κ1) is 35.0. The molecule has 6 heteroatoms. The van der Waals surface area contributed by atoms with Gasteiger partial charge in [-0.15, -0.1) is 0 Å². The van der Waals surface area contributed by atoms with Crippen LogP contribution in [0.3, 0.4) is 0 Å². The van der Waals surface area contributed by atoms with Crippen LogP contribution >= 0.6 is 0 Å². The minimum Gasteiger partial charge on any atom is -0.415 e. The molecule has 0 aliphatic heterocycles. The van der Waals surface area contributed by atoms with Crippen molar-refractivity contribution in [3.63, 3.8) is 0 Å². The van der Waals surface area contributed by atoms with Crippen LogP contribution in [0.4, 0.5) is 0 Å². The molecule has 212 valence electrons. The second-order valence-corrected chi connectivity index (χ2v) is 15.2. The van der Waals surface area contributed by atoms with Crippen molar-refractivity contribution in [3.05, 3.63) is 0 Å². The first-order valence-electron chi connectivity index (χ1n) is 15.0. The van der Waals surface area contributed by atoms with Gasteiger partial charge in [-0.05, 0) is 26.1 Å². The number of hydrogen-bond donors (Lipinski definition) is 0. The third kappa shape index (κ3) is 34.0.